The summed E-state index contributed by atoms with van der Waals surface area (Å²) in [6.07, 6.45) is 9.42. The van der Waals surface area contributed by atoms with Gasteiger partial charge in [-0.05, 0) is 68.2 Å². The number of amides is 1. The summed E-state index contributed by atoms with van der Waals surface area (Å²) < 4.78 is 0. The van der Waals surface area contributed by atoms with E-state index in [1.165, 1.54) is 0 Å². The fourth-order valence-corrected chi connectivity index (χ4v) is 7.36. The van der Waals surface area contributed by atoms with Crippen LogP contribution in [0.4, 0.5) is 5.82 Å². The van der Waals surface area contributed by atoms with Crippen molar-refractivity contribution in [2.45, 2.75) is 57.7 Å². The number of aliphatic hydroxyl groups excluding tert-OH is 1. The summed E-state index contributed by atoms with van der Waals surface area (Å²) in [5.41, 5.74) is -1.53. The van der Waals surface area contributed by atoms with Crippen LogP contribution in [0.25, 0.3) is 0 Å². The van der Waals surface area contributed by atoms with E-state index in [1.54, 1.807) is 36.5 Å². The third-order valence-electron chi connectivity index (χ3n) is 8.93. The largest absolute Gasteiger partial charge is 0.393 e. The van der Waals surface area contributed by atoms with Crippen LogP contribution in [0.1, 0.15) is 46.0 Å². The molecule has 0 radical (unpaired) electrons. The van der Waals surface area contributed by atoms with Crippen molar-refractivity contribution < 1.29 is 19.8 Å². The fraction of sp³-hybridized carbons (Fsp3) is 0.560. The zero-order valence-electron chi connectivity index (χ0n) is 18.0. The molecule has 4 aliphatic rings. The van der Waals surface area contributed by atoms with Gasteiger partial charge in [0.15, 0.2) is 5.78 Å². The molecule has 7 atom stereocenters. The van der Waals surface area contributed by atoms with Crippen molar-refractivity contribution in [1.29, 1.82) is 0 Å². The Balaban J connectivity index is 1.47. The zero-order valence-corrected chi connectivity index (χ0v) is 18.0. The first-order valence-electron chi connectivity index (χ1n) is 11.3. The standard InChI is InChI=1S/C25H30N2O4/c1-23-10-8-16(28)13-15(23)6-7-17-18-9-11-25(31,24(18,2)14-19(29)21(17)23)22(30)27-20-5-3-4-12-26-20/h3-5,8,10,12-13,17-19,21,29,31H,6-7,9,11,14H2,1-2H3,(H,26,27,30)/t17?,18?,19-,21?,23?,24?,25-/m0/s1. The van der Waals surface area contributed by atoms with E-state index >= 15 is 0 Å². The van der Waals surface area contributed by atoms with Gasteiger partial charge in [0.05, 0.1) is 6.10 Å². The summed E-state index contributed by atoms with van der Waals surface area (Å²) in [5.74, 6) is 0.292. The summed E-state index contributed by atoms with van der Waals surface area (Å²) >= 11 is 0. The molecule has 3 N–H and O–H groups in total. The molecule has 6 heteroatoms. The van der Waals surface area contributed by atoms with Gasteiger partial charge in [-0.3, -0.25) is 9.59 Å². The lowest BCUT2D eigenvalue weighted by Crippen LogP contribution is -2.62. The van der Waals surface area contributed by atoms with Gasteiger partial charge in [0.1, 0.15) is 11.4 Å². The number of hydrogen-bond acceptors (Lipinski definition) is 5. The molecule has 5 rings (SSSR count). The van der Waals surface area contributed by atoms with Gasteiger partial charge >= 0.3 is 0 Å². The van der Waals surface area contributed by atoms with E-state index < -0.39 is 23.0 Å². The first-order chi connectivity index (χ1) is 14.7. The molecule has 0 aromatic carbocycles. The highest BCUT2D eigenvalue weighted by Gasteiger charge is 2.68. The second-order valence-corrected chi connectivity index (χ2v) is 10.3. The van der Waals surface area contributed by atoms with Gasteiger partial charge in [-0.2, -0.15) is 0 Å². The summed E-state index contributed by atoms with van der Waals surface area (Å²) in [4.78, 5) is 29.3. The number of allylic oxidation sites excluding steroid dienone is 4. The van der Waals surface area contributed by atoms with Gasteiger partial charge in [0, 0.05) is 22.9 Å². The number of carbonyl (C=O) groups is 2. The summed E-state index contributed by atoms with van der Waals surface area (Å²) in [6, 6.07) is 5.26. The molecule has 5 unspecified atom stereocenters. The average Bonchev–Trinajstić information content (AvgIpc) is 3.00. The third-order valence-corrected chi connectivity index (χ3v) is 8.93. The molecular formula is C25H30N2O4. The number of pyridine rings is 1. The molecule has 6 nitrogen and oxygen atoms in total. The molecule has 0 bridgehead atoms. The molecule has 31 heavy (non-hydrogen) atoms. The number of aromatic nitrogens is 1. The predicted molar refractivity (Wildman–Crippen MR) is 116 cm³/mol. The number of carbonyl (C=O) groups excluding carboxylic acids is 2. The van der Waals surface area contributed by atoms with E-state index in [0.29, 0.717) is 18.7 Å². The summed E-state index contributed by atoms with van der Waals surface area (Å²) in [6.45, 7) is 4.09. The number of anilines is 1. The maximum absolute atomic E-state index is 13.2. The molecule has 1 heterocycles. The minimum Gasteiger partial charge on any atom is -0.393 e. The second kappa shape index (κ2) is 6.84. The monoisotopic (exact) mass is 422 g/mol. The van der Waals surface area contributed by atoms with E-state index in [4.69, 9.17) is 0 Å². The Morgan fingerprint density at radius 3 is 2.81 bits per heavy atom. The van der Waals surface area contributed by atoms with Crippen molar-refractivity contribution in [2.75, 3.05) is 5.32 Å². The number of rotatable bonds is 2. The smallest absolute Gasteiger partial charge is 0.258 e. The highest BCUT2D eigenvalue weighted by molar-refractivity contribution is 6.01. The molecule has 1 aromatic heterocycles. The Hall–Kier alpha value is -2.31. The first-order valence-corrected chi connectivity index (χ1v) is 11.3. The van der Waals surface area contributed by atoms with Crippen LogP contribution in [0.15, 0.2) is 48.2 Å². The van der Waals surface area contributed by atoms with Crippen molar-refractivity contribution in [3.8, 4) is 0 Å². The van der Waals surface area contributed by atoms with Crippen molar-refractivity contribution in [3.05, 3.63) is 48.2 Å². The number of nitrogens with one attached hydrogen (secondary N) is 1. The molecule has 1 aromatic rings. The van der Waals surface area contributed by atoms with Crippen LogP contribution < -0.4 is 5.32 Å². The number of aliphatic hydroxyl groups is 2. The molecule has 0 aliphatic heterocycles. The number of nitrogens with zero attached hydrogens (tertiary/aromatic N) is 1. The minimum absolute atomic E-state index is 0.0162. The SMILES string of the molecule is CC12C=CC(=O)C=C1CCC1C2[C@@H](O)CC2(C)C1CC[C@]2(O)C(=O)Nc1ccccn1. The Morgan fingerprint density at radius 2 is 2.06 bits per heavy atom. The lowest BCUT2D eigenvalue weighted by Gasteiger charge is -2.59. The summed E-state index contributed by atoms with van der Waals surface area (Å²) in [7, 11) is 0. The first kappa shape index (κ1) is 20.6. The van der Waals surface area contributed by atoms with Crippen molar-refractivity contribution >= 4 is 17.5 Å². The van der Waals surface area contributed by atoms with E-state index in [1.807, 2.05) is 13.0 Å². The zero-order chi connectivity index (χ0) is 22.0. The highest BCUT2D eigenvalue weighted by Crippen LogP contribution is 2.67. The van der Waals surface area contributed by atoms with Gasteiger partial charge < -0.3 is 15.5 Å². The Bertz CT molecular complexity index is 988. The molecule has 3 fully saturated rings. The van der Waals surface area contributed by atoms with Crippen LogP contribution in [0.2, 0.25) is 0 Å². The van der Waals surface area contributed by atoms with Crippen LogP contribution in [0.3, 0.4) is 0 Å². The molecule has 3 saturated carbocycles. The molecule has 4 aliphatic carbocycles. The molecule has 0 saturated heterocycles. The van der Waals surface area contributed by atoms with Crippen LogP contribution in [-0.2, 0) is 9.59 Å². The Kier molecular flexibility index (Phi) is 4.54. The minimum atomic E-state index is -1.56. The molecular weight excluding hydrogens is 392 g/mol. The van der Waals surface area contributed by atoms with E-state index in [0.717, 1.165) is 24.8 Å². The lowest BCUT2D eigenvalue weighted by molar-refractivity contribution is -0.174. The van der Waals surface area contributed by atoms with E-state index in [2.05, 4.69) is 17.2 Å². The van der Waals surface area contributed by atoms with E-state index in [-0.39, 0.29) is 29.0 Å². The number of fused-ring (bicyclic) bond motifs is 5. The maximum Gasteiger partial charge on any atom is 0.258 e. The summed E-state index contributed by atoms with van der Waals surface area (Å²) in [5, 5.41) is 25.9. The molecule has 1 amide bonds. The highest BCUT2D eigenvalue weighted by atomic mass is 16.3. The third kappa shape index (κ3) is 2.81. The van der Waals surface area contributed by atoms with Crippen LogP contribution in [0.5, 0.6) is 0 Å². The maximum atomic E-state index is 13.2. The van der Waals surface area contributed by atoms with Crippen molar-refractivity contribution in [2.24, 2.45) is 28.6 Å². The van der Waals surface area contributed by atoms with Gasteiger partial charge in [0.25, 0.3) is 5.91 Å². The predicted octanol–water partition coefficient (Wildman–Crippen LogP) is 3.03. The van der Waals surface area contributed by atoms with E-state index in [9.17, 15) is 19.8 Å². The van der Waals surface area contributed by atoms with Gasteiger partial charge in [0.2, 0.25) is 0 Å². The Labute approximate surface area is 182 Å². The van der Waals surface area contributed by atoms with Crippen molar-refractivity contribution in [1.82, 2.24) is 4.98 Å². The van der Waals surface area contributed by atoms with Crippen LogP contribution >= 0.6 is 0 Å². The average molecular weight is 423 g/mol. The number of ketones is 1. The van der Waals surface area contributed by atoms with Crippen molar-refractivity contribution in [3.63, 3.8) is 0 Å². The number of hydrogen-bond donors (Lipinski definition) is 3. The van der Waals surface area contributed by atoms with Crippen LogP contribution in [0, 0.1) is 28.6 Å². The Morgan fingerprint density at radius 1 is 1.26 bits per heavy atom. The van der Waals surface area contributed by atoms with Gasteiger partial charge in [-0.1, -0.05) is 31.6 Å². The molecule has 164 valence electrons. The van der Waals surface area contributed by atoms with Gasteiger partial charge in [-0.25, -0.2) is 4.98 Å². The van der Waals surface area contributed by atoms with Crippen LogP contribution in [-0.4, -0.2) is 38.6 Å². The topological polar surface area (TPSA) is 99.5 Å². The van der Waals surface area contributed by atoms with Gasteiger partial charge in [-0.15, -0.1) is 0 Å². The fourth-order valence-electron chi connectivity index (χ4n) is 7.36. The molecule has 0 spiro atoms. The lowest BCUT2D eigenvalue weighted by atomic mass is 9.46. The normalized spacial score (nSPS) is 43.5. The quantitative estimate of drug-likeness (QED) is 0.680. The second-order valence-electron chi connectivity index (χ2n) is 10.3.